The van der Waals surface area contributed by atoms with Crippen molar-refractivity contribution in [1.82, 2.24) is 5.32 Å². The zero-order valence-corrected chi connectivity index (χ0v) is 13.4. The molecule has 2 atom stereocenters. The van der Waals surface area contributed by atoms with Crippen molar-refractivity contribution < 1.29 is 9.15 Å². The Bertz CT molecular complexity index is 616. The summed E-state index contributed by atoms with van der Waals surface area (Å²) in [6.07, 6.45) is 3.23. The number of halogens is 1. The van der Waals surface area contributed by atoms with Crippen molar-refractivity contribution in [2.45, 2.75) is 44.8 Å². The van der Waals surface area contributed by atoms with Gasteiger partial charge in [-0.2, -0.15) is 0 Å². The molecule has 0 amide bonds. The van der Waals surface area contributed by atoms with Gasteiger partial charge in [0.1, 0.15) is 11.3 Å². The molecule has 21 heavy (non-hydrogen) atoms. The minimum absolute atomic E-state index is 0.0751. The molecule has 2 aromatic rings. The van der Waals surface area contributed by atoms with E-state index in [0.717, 1.165) is 54.2 Å². The minimum Gasteiger partial charge on any atom is -0.459 e. The van der Waals surface area contributed by atoms with Gasteiger partial charge in [-0.15, -0.1) is 0 Å². The van der Waals surface area contributed by atoms with Gasteiger partial charge in [-0.05, 0) is 57.0 Å². The first-order valence-electron chi connectivity index (χ1n) is 7.69. The van der Waals surface area contributed by atoms with Crippen LogP contribution in [0, 0.1) is 0 Å². The van der Waals surface area contributed by atoms with Crippen molar-refractivity contribution >= 4 is 22.6 Å². The number of ether oxygens (including phenoxy) is 1. The van der Waals surface area contributed by atoms with Gasteiger partial charge in [0.05, 0.1) is 11.6 Å². The highest BCUT2D eigenvalue weighted by molar-refractivity contribution is 6.31. The van der Waals surface area contributed by atoms with Crippen LogP contribution in [0.1, 0.15) is 44.9 Å². The van der Waals surface area contributed by atoms with E-state index in [-0.39, 0.29) is 11.6 Å². The monoisotopic (exact) mass is 307 g/mol. The molecule has 2 unspecified atom stereocenters. The van der Waals surface area contributed by atoms with Crippen molar-refractivity contribution in [1.29, 1.82) is 0 Å². The zero-order valence-electron chi connectivity index (χ0n) is 12.6. The van der Waals surface area contributed by atoms with E-state index in [4.69, 9.17) is 20.8 Å². The molecule has 1 aliphatic rings. The van der Waals surface area contributed by atoms with Gasteiger partial charge in [0, 0.05) is 17.0 Å². The van der Waals surface area contributed by atoms with Crippen LogP contribution in [0.3, 0.4) is 0 Å². The number of benzene rings is 1. The summed E-state index contributed by atoms with van der Waals surface area (Å²) < 4.78 is 12.1. The molecule has 1 aromatic carbocycles. The van der Waals surface area contributed by atoms with Crippen LogP contribution < -0.4 is 5.32 Å². The molecule has 3 rings (SSSR count). The van der Waals surface area contributed by atoms with E-state index in [1.54, 1.807) is 0 Å². The molecule has 1 N–H and O–H groups in total. The van der Waals surface area contributed by atoms with Crippen LogP contribution in [0.5, 0.6) is 0 Å². The Kier molecular flexibility index (Phi) is 4.25. The Labute approximate surface area is 130 Å². The molecule has 0 radical (unpaired) electrons. The normalized spacial score (nSPS) is 23.8. The largest absolute Gasteiger partial charge is 0.459 e. The topological polar surface area (TPSA) is 34.4 Å². The number of furan rings is 1. The number of fused-ring (bicyclic) bond motifs is 1. The molecule has 2 heterocycles. The SMILES string of the molecule is CCCNC(c1cc2cc(Cl)ccc2o1)C1(C)CCCO1. The summed E-state index contributed by atoms with van der Waals surface area (Å²) in [4.78, 5) is 0. The Morgan fingerprint density at radius 1 is 1.38 bits per heavy atom. The highest BCUT2D eigenvalue weighted by atomic mass is 35.5. The standard InChI is InChI=1S/C17H22ClNO2/c1-3-8-19-16(17(2)7-4-9-20-17)15-11-12-10-13(18)5-6-14(12)21-15/h5-6,10-11,16,19H,3-4,7-9H2,1-2H3. The van der Waals surface area contributed by atoms with Crippen LogP contribution in [0.2, 0.25) is 5.02 Å². The lowest BCUT2D eigenvalue weighted by atomic mass is 9.91. The van der Waals surface area contributed by atoms with Gasteiger partial charge in [0.15, 0.2) is 0 Å². The second kappa shape index (κ2) is 5.99. The Hall–Kier alpha value is -1.03. The van der Waals surface area contributed by atoms with Gasteiger partial charge < -0.3 is 14.5 Å². The van der Waals surface area contributed by atoms with Crippen LogP contribution in [-0.2, 0) is 4.74 Å². The van der Waals surface area contributed by atoms with Crippen molar-refractivity contribution in [3.8, 4) is 0 Å². The van der Waals surface area contributed by atoms with Crippen LogP contribution in [0.4, 0.5) is 0 Å². The summed E-state index contributed by atoms with van der Waals surface area (Å²) in [5.41, 5.74) is 0.673. The number of hydrogen-bond donors (Lipinski definition) is 1. The van der Waals surface area contributed by atoms with Gasteiger partial charge >= 0.3 is 0 Å². The molecule has 1 saturated heterocycles. The first kappa shape index (κ1) is 14.9. The molecule has 1 aromatic heterocycles. The maximum Gasteiger partial charge on any atom is 0.134 e. The van der Waals surface area contributed by atoms with Crippen LogP contribution in [0.15, 0.2) is 28.7 Å². The summed E-state index contributed by atoms with van der Waals surface area (Å²) >= 11 is 6.06. The molecule has 0 bridgehead atoms. The second-order valence-electron chi connectivity index (χ2n) is 5.98. The van der Waals surface area contributed by atoms with Crippen LogP contribution in [-0.4, -0.2) is 18.8 Å². The first-order valence-corrected chi connectivity index (χ1v) is 8.06. The lowest BCUT2D eigenvalue weighted by Crippen LogP contribution is -2.41. The van der Waals surface area contributed by atoms with Crippen molar-refractivity contribution in [3.63, 3.8) is 0 Å². The summed E-state index contributed by atoms with van der Waals surface area (Å²) in [7, 11) is 0. The third-order valence-electron chi connectivity index (χ3n) is 4.24. The number of nitrogens with one attached hydrogen (secondary N) is 1. The lowest BCUT2D eigenvalue weighted by Gasteiger charge is -2.32. The van der Waals surface area contributed by atoms with E-state index in [1.807, 2.05) is 18.2 Å². The molecule has 114 valence electrons. The average Bonchev–Trinajstić information content (AvgIpc) is 3.06. The van der Waals surface area contributed by atoms with Crippen molar-refractivity contribution in [2.24, 2.45) is 0 Å². The summed E-state index contributed by atoms with van der Waals surface area (Å²) in [6.45, 7) is 6.11. The molecule has 1 aliphatic heterocycles. The lowest BCUT2D eigenvalue weighted by molar-refractivity contribution is -0.0177. The smallest absolute Gasteiger partial charge is 0.134 e. The van der Waals surface area contributed by atoms with Crippen molar-refractivity contribution in [2.75, 3.05) is 13.2 Å². The van der Waals surface area contributed by atoms with E-state index in [1.165, 1.54) is 0 Å². The van der Waals surface area contributed by atoms with Gasteiger partial charge in [0.25, 0.3) is 0 Å². The van der Waals surface area contributed by atoms with Crippen LogP contribution >= 0.6 is 11.6 Å². The molecular formula is C17H22ClNO2. The second-order valence-corrected chi connectivity index (χ2v) is 6.42. The fourth-order valence-electron chi connectivity index (χ4n) is 3.11. The molecule has 0 aliphatic carbocycles. The first-order chi connectivity index (χ1) is 10.1. The third kappa shape index (κ3) is 2.96. The molecule has 0 spiro atoms. The van der Waals surface area contributed by atoms with E-state index in [9.17, 15) is 0 Å². The maximum atomic E-state index is 6.06. The average molecular weight is 308 g/mol. The quantitative estimate of drug-likeness (QED) is 0.869. The minimum atomic E-state index is -0.202. The van der Waals surface area contributed by atoms with E-state index < -0.39 is 0 Å². The highest BCUT2D eigenvalue weighted by Crippen LogP contribution is 2.39. The fraction of sp³-hybridized carbons (Fsp3) is 0.529. The predicted molar refractivity (Wildman–Crippen MR) is 85.8 cm³/mol. The Morgan fingerprint density at radius 3 is 2.95 bits per heavy atom. The van der Waals surface area contributed by atoms with E-state index >= 15 is 0 Å². The zero-order chi connectivity index (χ0) is 14.9. The fourth-order valence-corrected chi connectivity index (χ4v) is 3.29. The molecular weight excluding hydrogens is 286 g/mol. The van der Waals surface area contributed by atoms with Gasteiger partial charge in [-0.25, -0.2) is 0 Å². The number of hydrogen-bond acceptors (Lipinski definition) is 3. The molecule has 1 fully saturated rings. The van der Waals surface area contributed by atoms with Crippen LogP contribution in [0.25, 0.3) is 11.0 Å². The predicted octanol–water partition coefficient (Wildman–Crippen LogP) is 4.70. The molecule has 3 nitrogen and oxygen atoms in total. The summed E-state index contributed by atoms with van der Waals surface area (Å²) in [6, 6.07) is 7.89. The summed E-state index contributed by atoms with van der Waals surface area (Å²) in [5.74, 6) is 0.935. The van der Waals surface area contributed by atoms with E-state index in [0.29, 0.717) is 0 Å². The Balaban J connectivity index is 1.96. The van der Waals surface area contributed by atoms with Gasteiger partial charge in [0.2, 0.25) is 0 Å². The molecule has 4 heteroatoms. The molecule has 0 saturated carbocycles. The summed E-state index contributed by atoms with van der Waals surface area (Å²) in [5, 5.41) is 5.37. The highest BCUT2D eigenvalue weighted by Gasteiger charge is 2.40. The van der Waals surface area contributed by atoms with Gasteiger partial charge in [-0.1, -0.05) is 18.5 Å². The van der Waals surface area contributed by atoms with Crippen molar-refractivity contribution in [3.05, 3.63) is 35.0 Å². The Morgan fingerprint density at radius 2 is 2.24 bits per heavy atom. The van der Waals surface area contributed by atoms with Gasteiger partial charge in [-0.3, -0.25) is 0 Å². The third-order valence-corrected chi connectivity index (χ3v) is 4.48. The maximum absolute atomic E-state index is 6.06. The number of rotatable bonds is 5. The van der Waals surface area contributed by atoms with E-state index in [2.05, 4.69) is 25.2 Å².